The van der Waals surface area contributed by atoms with Gasteiger partial charge in [0.25, 0.3) is 10.0 Å². The minimum atomic E-state index is -3.70. The second-order valence-corrected chi connectivity index (χ2v) is 10.4. The van der Waals surface area contributed by atoms with Crippen molar-refractivity contribution in [3.05, 3.63) is 76.8 Å². The lowest BCUT2D eigenvalue weighted by atomic mass is 10.2. The standard InChI is InChI=1S/C23H26N4O3S2/c1-18-7-9-21(10-8-18)32(29,30)25-23-24-20(17-31-23)15-22(28)27-13-11-26(12-14-27)16-19-5-3-2-4-6-19/h2-10,17H,11-16H2,1H3,(H,24,25). The lowest BCUT2D eigenvalue weighted by Gasteiger charge is -2.34. The highest BCUT2D eigenvalue weighted by Gasteiger charge is 2.22. The van der Waals surface area contributed by atoms with E-state index in [4.69, 9.17) is 0 Å². The van der Waals surface area contributed by atoms with Gasteiger partial charge in [0.05, 0.1) is 17.0 Å². The molecular weight excluding hydrogens is 444 g/mol. The first-order chi connectivity index (χ1) is 15.4. The summed E-state index contributed by atoms with van der Waals surface area (Å²) < 4.78 is 27.6. The monoisotopic (exact) mass is 470 g/mol. The summed E-state index contributed by atoms with van der Waals surface area (Å²) >= 11 is 1.18. The van der Waals surface area contributed by atoms with Crippen molar-refractivity contribution in [1.82, 2.24) is 14.8 Å². The fourth-order valence-electron chi connectivity index (χ4n) is 3.59. The van der Waals surface area contributed by atoms with Crippen LogP contribution < -0.4 is 4.72 Å². The second-order valence-electron chi connectivity index (χ2n) is 7.88. The van der Waals surface area contributed by atoms with E-state index in [1.165, 1.54) is 16.9 Å². The van der Waals surface area contributed by atoms with Gasteiger partial charge in [-0.3, -0.25) is 14.4 Å². The third-order valence-corrected chi connectivity index (χ3v) is 7.70. The molecular formula is C23H26N4O3S2. The van der Waals surface area contributed by atoms with Gasteiger partial charge >= 0.3 is 0 Å². The Morgan fingerprint density at radius 1 is 1.03 bits per heavy atom. The highest BCUT2D eigenvalue weighted by molar-refractivity contribution is 7.93. The molecule has 2 aromatic carbocycles. The fraction of sp³-hybridized carbons (Fsp3) is 0.304. The Labute approximate surface area is 192 Å². The number of benzene rings is 2. The van der Waals surface area contributed by atoms with Crippen LogP contribution in [0.5, 0.6) is 0 Å². The molecule has 1 aromatic heterocycles. The van der Waals surface area contributed by atoms with Crippen molar-refractivity contribution >= 4 is 32.4 Å². The SMILES string of the molecule is Cc1ccc(S(=O)(=O)Nc2nc(CC(=O)N3CCN(Cc4ccccc4)CC3)cs2)cc1. The number of amides is 1. The Balaban J connectivity index is 1.29. The van der Waals surface area contributed by atoms with Crippen LogP contribution in [0.2, 0.25) is 0 Å². The lowest BCUT2D eigenvalue weighted by molar-refractivity contribution is -0.132. The van der Waals surface area contributed by atoms with E-state index in [0.717, 1.165) is 25.2 Å². The highest BCUT2D eigenvalue weighted by atomic mass is 32.2. The topological polar surface area (TPSA) is 82.6 Å². The number of hydrogen-bond acceptors (Lipinski definition) is 6. The molecule has 1 amide bonds. The zero-order valence-corrected chi connectivity index (χ0v) is 19.5. The summed E-state index contributed by atoms with van der Waals surface area (Å²) in [5.74, 6) is 0.0163. The van der Waals surface area contributed by atoms with E-state index in [-0.39, 0.29) is 22.4 Å². The summed E-state index contributed by atoms with van der Waals surface area (Å²) in [5, 5.41) is 2.00. The van der Waals surface area contributed by atoms with Gasteiger partial charge in [-0.2, -0.15) is 0 Å². The molecule has 1 saturated heterocycles. The smallest absolute Gasteiger partial charge is 0.263 e. The molecule has 0 unspecified atom stereocenters. The Kier molecular flexibility index (Phi) is 6.88. The number of aromatic nitrogens is 1. The van der Waals surface area contributed by atoms with Crippen LogP contribution in [0.1, 0.15) is 16.8 Å². The molecule has 168 valence electrons. The molecule has 3 aromatic rings. The normalized spacial score (nSPS) is 15.0. The molecule has 0 bridgehead atoms. The predicted molar refractivity (Wildman–Crippen MR) is 126 cm³/mol. The van der Waals surface area contributed by atoms with Gasteiger partial charge in [-0.1, -0.05) is 48.0 Å². The summed E-state index contributed by atoms with van der Waals surface area (Å²) in [6, 6.07) is 16.9. The summed E-state index contributed by atoms with van der Waals surface area (Å²) in [5.41, 5.74) is 2.84. The van der Waals surface area contributed by atoms with Crippen LogP contribution >= 0.6 is 11.3 Å². The molecule has 4 rings (SSSR count). The van der Waals surface area contributed by atoms with Crippen molar-refractivity contribution in [1.29, 1.82) is 0 Å². The number of nitrogens with zero attached hydrogens (tertiary/aromatic N) is 3. The van der Waals surface area contributed by atoms with Crippen molar-refractivity contribution in [3.63, 3.8) is 0 Å². The molecule has 9 heteroatoms. The van der Waals surface area contributed by atoms with E-state index in [1.807, 2.05) is 30.0 Å². The molecule has 32 heavy (non-hydrogen) atoms. The van der Waals surface area contributed by atoms with Gasteiger partial charge in [-0.25, -0.2) is 13.4 Å². The number of carbonyl (C=O) groups excluding carboxylic acids is 1. The van der Waals surface area contributed by atoms with Crippen molar-refractivity contribution in [2.24, 2.45) is 0 Å². The Morgan fingerprint density at radius 2 is 1.72 bits per heavy atom. The van der Waals surface area contributed by atoms with Crippen molar-refractivity contribution < 1.29 is 13.2 Å². The molecule has 0 spiro atoms. The van der Waals surface area contributed by atoms with E-state index < -0.39 is 10.0 Å². The van der Waals surface area contributed by atoms with E-state index in [0.29, 0.717) is 18.8 Å². The Hall–Kier alpha value is -2.75. The summed E-state index contributed by atoms with van der Waals surface area (Å²) in [6.45, 7) is 5.82. The minimum absolute atomic E-state index is 0.0163. The van der Waals surface area contributed by atoms with Crippen LogP contribution in [0.4, 0.5) is 5.13 Å². The lowest BCUT2D eigenvalue weighted by Crippen LogP contribution is -2.48. The molecule has 0 radical (unpaired) electrons. The highest BCUT2D eigenvalue weighted by Crippen LogP contribution is 2.21. The first kappa shape index (κ1) is 22.4. The van der Waals surface area contributed by atoms with Gasteiger partial charge in [-0.15, -0.1) is 11.3 Å². The maximum Gasteiger partial charge on any atom is 0.263 e. The predicted octanol–water partition coefficient (Wildman–Crippen LogP) is 3.14. The van der Waals surface area contributed by atoms with E-state index in [2.05, 4.69) is 26.7 Å². The summed E-state index contributed by atoms with van der Waals surface area (Å²) in [6.07, 6.45) is 0.168. The third kappa shape index (κ3) is 5.73. The number of aryl methyl sites for hydroxylation is 1. The molecule has 2 heterocycles. The van der Waals surface area contributed by atoms with Gasteiger partial charge in [0.1, 0.15) is 0 Å². The molecule has 1 N–H and O–H groups in total. The average molecular weight is 471 g/mol. The molecule has 7 nitrogen and oxygen atoms in total. The van der Waals surface area contributed by atoms with Gasteiger partial charge in [0, 0.05) is 38.1 Å². The number of anilines is 1. The molecule has 0 aliphatic carbocycles. The van der Waals surface area contributed by atoms with Crippen LogP contribution in [0, 0.1) is 6.92 Å². The van der Waals surface area contributed by atoms with Crippen molar-refractivity contribution in [2.45, 2.75) is 24.8 Å². The number of rotatable bonds is 7. The quantitative estimate of drug-likeness (QED) is 0.574. The van der Waals surface area contributed by atoms with E-state index in [9.17, 15) is 13.2 Å². The van der Waals surface area contributed by atoms with Crippen LogP contribution in [0.3, 0.4) is 0 Å². The largest absolute Gasteiger partial charge is 0.340 e. The third-order valence-electron chi connectivity index (χ3n) is 5.41. The van der Waals surface area contributed by atoms with Crippen LogP contribution in [-0.2, 0) is 27.8 Å². The first-order valence-corrected chi connectivity index (χ1v) is 12.8. The second kappa shape index (κ2) is 9.81. The Bertz CT molecular complexity index is 1150. The zero-order chi connectivity index (χ0) is 22.6. The first-order valence-electron chi connectivity index (χ1n) is 10.5. The zero-order valence-electron chi connectivity index (χ0n) is 17.9. The number of piperazine rings is 1. The average Bonchev–Trinajstić information content (AvgIpc) is 3.21. The molecule has 1 aliphatic rings. The molecule has 1 fully saturated rings. The number of hydrogen-bond donors (Lipinski definition) is 1. The number of nitrogens with one attached hydrogen (secondary N) is 1. The maximum absolute atomic E-state index is 12.7. The van der Waals surface area contributed by atoms with Gasteiger partial charge in [-0.05, 0) is 24.6 Å². The van der Waals surface area contributed by atoms with Crippen LogP contribution in [0.15, 0.2) is 64.9 Å². The van der Waals surface area contributed by atoms with Crippen LogP contribution in [-0.4, -0.2) is 55.3 Å². The van der Waals surface area contributed by atoms with Crippen molar-refractivity contribution in [3.8, 4) is 0 Å². The number of sulfonamides is 1. The van der Waals surface area contributed by atoms with Gasteiger partial charge in [0.15, 0.2) is 5.13 Å². The summed E-state index contributed by atoms with van der Waals surface area (Å²) in [7, 11) is -3.70. The molecule has 0 saturated carbocycles. The Morgan fingerprint density at radius 3 is 2.41 bits per heavy atom. The van der Waals surface area contributed by atoms with E-state index in [1.54, 1.807) is 29.6 Å². The number of carbonyl (C=O) groups is 1. The van der Waals surface area contributed by atoms with Gasteiger partial charge in [0.2, 0.25) is 5.91 Å². The van der Waals surface area contributed by atoms with E-state index >= 15 is 0 Å². The fourth-order valence-corrected chi connectivity index (χ4v) is 5.55. The molecule has 0 atom stereocenters. The molecule has 1 aliphatic heterocycles. The number of thiazole rings is 1. The van der Waals surface area contributed by atoms with Gasteiger partial charge < -0.3 is 4.90 Å². The summed E-state index contributed by atoms with van der Waals surface area (Å²) in [4.78, 5) is 21.4. The maximum atomic E-state index is 12.7. The van der Waals surface area contributed by atoms with Crippen LogP contribution in [0.25, 0.3) is 0 Å². The minimum Gasteiger partial charge on any atom is -0.340 e. The van der Waals surface area contributed by atoms with Crippen molar-refractivity contribution in [2.75, 3.05) is 30.9 Å².